The predicted molar refractivity (Wildman–Crippen MR) is 62.3 cm³/mol. The molecule has 1 aromatic heterocycles. The lowest BCUT2D eigenvalue weighted by molar-refractivity contribution is 0.305. The van der Waals surface area contributed by atoms with Gasteiger partial charge in [0.05, 0.1) is 0 Å². The minimum absolute atomic E-state index is 0.533. The molecule has 76 valence electrons. The number of thiol groups is 1. The van der Waals surface area contributed by atoms with E-state index < -0.39 is 0 Å². The van der Waals surface area contributed by atoms with E-state index in [0.29, 0.717) is 6.61 Å². The Balaban J connectivity index is 1.99. The molecule has 0 bridgehead atoms. The van der Waals surface area contributed by atoms with Crippen LogP contribution in [0.3, 0.4) is 0 Å². The van der Waals surface area contributed by atoms with Gasteiger partial charge in [0.1, 0.15) is 12.4 Å². The van der Waals surface area contributed by atoms with Gasteiger partial charge in [-0.15, -0.1) is 12.6 Å². The van der Waals surface area contributed by atoms with E-state index >= 15 is 0 Å². The van der Waals surface area contributed by atoms with E-state index in [-0.39, 0.29) is 0 Å². The first-order valence-corrected chi connectivity index (χ1v) is 5.10. The molecule has 0 aliphatic heterocycles. The van der Waals surface area contributed by atoms with Gasteiger partial charge in [-0.2, -0.15) is 0 Å². The van der Waals surface area contributed by atoms with Crippen molar-refractivity contribution in [2.75, 3.05) is 0 Å². The van der Waals surface area contributed by atoms with Crippen LogP contribution < -0.4 is 4.74 Å². The summed E-state index contributed by atoms with van der Waals surface area (Å²) in [5.41, 5.74) is 1.06. The molecule has 0 saturated carbocycles. The zero-order chi connectivity index (χ0) is 10.5. The molecule has 2 rings (SSSR count). The number of hydrogen-bond acceptors (Lipinski definition) is 3. The van der Waals surface area contributed by atoms with Crippen LogP contribution >= 0.6 is 12.6 Å². The van der Waals surface area contributed by atoms with Gasteiger partial charge < -0.3 is 4.74 Å². The van der Waals surface area contributed by atoms with Crippen LogP contribution in [0.4, 0.5) is 0 Å². The Labute approximate surface area is 94.3 Å². The fourth-order valence-corrected chi connectivity index (χ4v) is 1.44. The number of ether oxygens (including phenoxy) is 1. The first-order chi connectivity index (χ1) is 7.34. The Kier molecular flexibility index (Phi) is 3.25. The molecule has 3 heteroatoms. The predicted octanol–water partition coefficient (Wildman–Crippen LogP) is 2.95. The first kappa shape index (κ1) is 10.1. The molecule has 0 fully saturated rings. The number of benzene rings is 1. The van der Waals surface area contributed by atoms with E-state index in [4.69, 9.17) is 4.74 Å². The van der Waals surface area contributed by atoms with Crippen LogP contribution in [0.25, 0.3) is 0 Å². The van der Waals surface area contributed by atoms with Gasteiger partial charge in [0, 0.05) is 22.9 Å². The molecule has 0 radical (unpaired) electrons. The highest BCUT2D eigenvalue weighted by Gasteiger charge is 1.95. The summed E-state index contributed by atoms with van der Waals surface area (Å²) in [4.78, 5) is 4.92. The largest absolute Gasteiger partial charge is 0.489 e. The Morgan fingerprint density at radius 2 is 2.13 bits per heavy atom. The van der Waals surface area contributed by atoms with Gasteiger partial charge in [0.15, 0.2) is 0 Å². The van der Waals surface area contributed by atoms with E-state index in [9.17, 15) is 0 Å². The molecule has 0 spiro atoms. The second-order valence-electron chi connectivity index (χ2n) is 3.15. The fraction of sp³-hybridized carbons (Fsp3) is 0.0833. The third-order valence-electron chi connectivity index (χ3n) is 1.95. The van der Waals surface area contributed by atoms with Gasteiger partial charge in [-0.25, -0.2) is 0 Å². The molecular formula is C12H11NOS. The molecule has 1 aromatic carbocycles. The highest BCUT2D eigenvalue weighted by atomic mass is 32.1. The summed E-state index contributed by atoms with van der Waals surface area (Å²) in [7, 11) is 0. The van der Waals surface area contributed by atoms with E-state index in [1.54, 1.807) is 12.4 Å². The average molecular weight is 217 g/mol. The quantitative estimate of drug-likeness (QED) is 0.798. The van der Waals surface area contributed by atoms with Crippen LogP contribution in [0.5, 0.6) is 5.75 Å². The number of nitrogens with zero attached hydrogens (tertiary/aromatic N) is 1. The third-order valence-corrected chi connectivity index (χ3v) is 2.22. The molecule has 0 N–H and O–H groups in total. The van der Waals surface area contributed by atoms with Gasteiger partial charge in [0.25, 0.3) is 0 Å². The summed E-state index contributed by atoms with van der Waals surface area (Å²) in [6.07, 6.45) is 3.54. The van der Waals surface area contributed by atoms with Crippen molar-refractivity contribution in [3.63, 3.8) is 0 Å². The number of rotatable bonds is 3. The van der Waals surface area contributed by atoms with Gasteiger partial charge in [0.2, 0.25) is 0 Å². The second-order valence-corrected chi connectivity index (χ2v) is 3.66. The molecule has 0 saturated heterocycles. The normalized spacial score (nSPS) is 9.93. The number of aromatic nitrogens is 1. The van der Waals surface area contributed by atoms with Crippen LogP contribution in [0.1, 0.15) is 5.56 Å². The number of hydrogen-bond donors (Lipinski definition) is 1. The molecule has 0 atom stereocenters. The maximum absolute atomic E-state index is 5.58. The standard InChI is InChI=1S/C12H11NOS/c15-12-5-1-4-11(7-12)14-9-10-3-2-6-13-8-10/h1-8,15H,9H2. The molecule has 0 aliphatic carbocycles. The summed E-state index contributed by atoms with van der Waals surface area (Å²) in [6, 6.07) is 11.5. The van der Waals surface area contributed by atoms with Crippen LogP contribution in [-0.4, -0.2) is 4.98 Å². The number of pyridine rings is 1. The Hall–Kier alpha value is -1.48. The van der Waals surface area contributed by atoms with Gasteiger partial charge in [-0.3, -0.25) is 4.98 Å². The summed E-state index contributed by atoms with van der Waals surface area (Å²) in [6.45, 7) is 0.533. The molecule has 0 aliphatic rings. The van der Waals surface area contributed by atoms with Crippen molar-refractivity contribution in [3.05, 3.63) is 54.4 Å². The van der Waals surface area contributed by atoms with E-state index in [1.807, 2.05) is 36.4 Å². The summed E-state index contributed by atoms with van der Waals surface area (Å²) >= 11 is 4.24. The van der Waals surface area contributed by atoms with E-state index in [1.165, 1.54) is 0 Å². The Bertz CT molecular complexity index is 431. The zero-order valence-corrected chi connectivity index (χ0v) is 9.02. The summed E-state index contributed by atoms with van der Waals surface area (Å²) in [5, 5.41) is 0. The van der Waals surface area contributed by atoms with Gasteiger partial charge >= 0.3 is 0 Å². The van der Waals surface area contributed by atoms with Gasteiger partial charge in [-0.1, -0.05) is 12.1 Å². The maximum atomic E-state index is 5.58. The van der Waals surface area contributed by atoms with Crippen molar-refractivity contribution in [3.8, 4) is 5.75 Å². The monoisotopic (exact) mass is 217 g/mol. The maximum Gasteiger partial charge on any atom is 0.120 e. The van der Waals surface area contributed by atoms with E-state index in [0.717, 1.165) is 16.2 Å². The highest BCUT2D eigenvalue weighted by Crippen LogP contribution is 2.16. The SMILES string of the molecule is Sc1cccc(OCc2cccnc2)c1. The Morgan fingerprint density at radius 1 is 1.20 bits per heavy atom. The lowest BCUT2D eigenvalue weighted by Crippen LogP contribution is -1.95. The van der Waals surface area contributed by atoms with Crippen LogP contribution in [0.15, 0.2) is 53.7 Å². The molecule has 1 heterocycles. The minimum Gasteiger partial charge on any atom is -0.489 e. The molecule has 15 heavy (non-hydrogen) atoms. The molecule has 2 nitrogen and oxygen atoms in total. The fourth-order valence-electron chi connectivity index (χ4n) is 1.22. The molecular weight excluding hydrogens is 206 g/mol. The smallest absolute Gasteiger partial charge is 0.120 e. The van der Waals surface area contributed by atoms with Crippen molar-refractivity contribution in [2.45, 2.75) is 11.5 Å². The molecule has 2 aromatic rings. The van der Waals surface area contributed by atoms with Crippen LogP contribution in [0.2, 0.25) is 0 Å². The van der Waals surface area contributed by atoms with Gasteiger partial charge in [-0.05, 0) is 24.3 Å². The topological polar surface area (TPSA) is 22.1 Å². The molecule has 0 unspecified atom stereocenters. The van der Waals surface area contributed by atoms with E-state index in [2.05, 4.69) is 17.6 Å². The van der Waals surface area contributed by atoms with Crippen molar-refractivity contribution in [1.82, 2.24) is 4.98 Å². The lowest BCUT2D eigenvalue weighted by atomic mass is 10.3. The molecule has 0 amide bonds. The minimum atomic E-state index is 0.533. The average Bonchev–Trinajstić information content (AvgIpc) is 2.28. The zero-order valence-electron chi connectivity index (χ0n) is 8.13. The summed E-state index contributed by atoms with van der Waals surface area (Å²) < 4.78 is 5.58. The lowest BCUT2D eigenvalue weighted by Gasteiger charge is -2.05. The highest BCUT2D eigenvalue weighted by molar-refractivity contribution is 7.80. The van der Waals surface area contributed by atoms with Crippen molar-refractivity contribution >= 4 is 12.6 Å². The van der Waals surface area contributed by atoms with Crippen molar-refractivity contribution in [2.24, 2.45) is 0 Å². The third kappa shape index (κ3) is 2.99. The van der Waals surface area contributed by atoms with Crippen LogP contribution in [0, 0.1) is 0 Å². The Morgan fingerprint density at radius 3 is 2.87 bits per heavy atom. The van der Waals surface area contributed by atoms with Crippen molar-refractivity contribution < 1.29 is 4.74 Å². The first-order valence-electron chi connectivity index (χ1n) is 4.65. The second kappa shape index (κ2) is 4.84. The van der Waals surface area contributed by atoms with Crippen molar-refractivity contribution in [1.29, 1.82) is 0 Å². The summed E-state index contributed by atoms with van der Waals surface area (Å²) in [5.74, 6) is 0.825. The van der Waals surface area contributed by atoms with Crippen LogP contribution in [-0.2, 0) is 6.61 Å².